The van der Waals surface area contributed by atoms with Gasteiger partial charge < -0.3 is 13.7 Å². The highest BCUT2D eigenvalue weighted by Crippen LogP contribution is 2.39. The Labute approximate surface area is 114 Å². The molecule has 0 aromatic heterocycles. The van der Waals surface area contributed by atoms with Gasteiger partial charge in [-0.1, -0.05) is 20.8 Å². The van der Waals surface area contributed by atoms with E-state index in [2.05, 4.69) is 61.6 Å². The van der Waals surface area contributed by atoms with Gasteiger partial charge in [-0.25, -0.2) is 0 Å². The van der Waals surface area contributed by atoms with E-state index in [1.165, 1.54) is 0 Å². The molecule has 0 bridgehead atoms. The van der Waals surface area contributed by atoms with Gasteiger partial charge in [-0.3, -0.25) is 0 Å². The van der Waals surface area contributed by atoms with Crippen LogP contribution in [0.3, 0.4) is 0 Å². The summed E-state index contributed by atoms with van der Waals surface area (Å²) in [6, 6.07) is 0. The van der Waals surface area contributed by atoms with Crippen molar-refractivity contribution in [1.29, 1.82) is 0 Å². The molecule has 0 saturated carbocycles. The SMILES string of the molecule is CC1(C)OCB(O[Si](C)(C)C(C)(C)C)OC1(C)C. The molecule has 1 fully saturated rings. The van der Waals surface area contributed by atoms with Gasteiger partial charge >= 0.3 is 7.12 Å². The van der Waals surface area contributed by atoms with E-state index < -0.39 is 8.32 Å². The fourth-order valence-electron chi connectivity index (χ4n) is 1.52. The van der Waals surface area contributed by atoms with Crippen molar-refractivity contribution in [2.24, 2.45) is 0 Å². The Kier molecular flexibility index (Phi) is 4.16. The third-order valence-corrected chi connectivity index (χ3v) is 9.15. The molecule has 0 spiro atoms. The van der Waals surface area contributed by atoms with Crippen molar-refractivity contribution in [2.75, 3.05) is 6.51 Å². The largest absolute Gasteiger partial charge is 0.474 e. The lowest BCUT2D eigenvalue weighted by atomic mass is 9.80. The molecule has 0 aromatic rings. The van der Waals surface area contributed by atoms with Gasteiger partial charge in [-0.15, -0.1) is 0 Å². The molecule has 0 atom stereocenters. The molecule has 3 nitrogen and oxygen atoms in total. The summed E-state index contributed by atoms with van der Waals surface area (Å²) in [6.07, 6.45) is 0. The second-order valence-electron chi connectivity index (χ2n) is 7.76. The Morgan fingerprint density at radius 3 is 1.94 bits per heavy atom. The van der Waals surface area contributed by atoms with Crippen LogP contribution in [0.1, 0.15) is 48.5 Å². The average molecular weight is 272 g/mol. The Morgan fingerprint density at radius 1 is 1.06 bits per heavy atom. The predicted octanol–water partition coefficient (Wildman–Crippen LogP) is 3.64. The van der Waals surface area contributed by atoms with Crippen LogP contribution in [0.25, 0.3) is 0 Å². The summed E-state index contributed by atoms with van der Waals surface area (Å²) in [5, 5.41) is 0.188. The molecule has 1 heterocycles. The van der Waals surface area contributed by atoms with Crippen molar-refractivity contribution >= 4 is 15.4 Å². The molecule has 0 N–H and O–H groups in total. The van der Waals surface area contributed by atoms with Gasteiger partial charge in [0.05, 0.1) is 17.7 Å². The van der Waals surface area contributed by atoms with Crippen molar-refractivity contribution < 1.29 is 13.7 Å². The van der Waals surface area contributed by atoms with Crippen molar-refractivity contribution in [3.05, 3.63) is 0 Å². The first-order chi connectivity index (χ1) is 7.79. The van der Waals surface area contributed by atoms with E-state index in [0.717, 1.165) is 0 Å². The minimum Gasteiger partial charge on any atom is -0.451 e. The number of ether oxygens (including phenoxy) is 1. The van der Waals surface area contributed by atoms with Gasteiger partial charge in [0.15, 0.2) is 8.32 Å². The molecule has 0 amide bonds. The van der Waals surface area contributed by atoms with E-state index in [-0.39, 0.29) is 23.4 Å². The highest BCUT2D eigenvalue weighted by atomic mass is 28.4. The Hall–Kier alpha value is 0.162. The summed E-state index contributed by atoms with van der Waals surface area (Å²) in [4.78, 5) is 0. The number of rotatable bonds is 2. The van der Waals surface area contributed by atoms with Crippen LogP contribution >= 0.6 is 0 Å². The molecule has 106 valence electrons. The Bertz CT molecular complexity index is 308. The van der Waals surface area contributed by atoms with E-state index in [1.54, 1.807) is 0 Å². The van der Waals surface area contributed by atoms with Gasteiger partial charge in [-0.2, -0.15) is 0 Å². The number of hydrogen-bond acceptors (Lipinski definition) is 3. The second-order valence-corrected chi connectivity index (χ2v) is 12.5. The van der Waals surface area contributed by atoms with Gasteiger partial charge in [0.25, 0.3) is 0 Å². The zero-order valence-corrected chi connectivity index (χ0v) is 14.5. The first kappa shape index (κ1) is 16.2. The third-order valence-electron chi connectivity index (χ3n) is 4.69. The molecular formula is C13H29BO3Si. The van der Waals surface area contributed by atoms with Gasteiger partial charge in [0.2, 0.25) is 0 Å². The molecule has 1 aliphatic rings. The van der Waals surface area contributed by atoms with Crippen molar-refractivity contribution in [1.82, 2.24) is 0 Å². The van der Waals surface area contributed by atoms with E-state index in [1.807, 2.05) is 0 Å². The van der Waals surface area contributed by atoms with E-state index >= 15 is 0 Å². The lowest BCUT2D eigenvalue weighted by Crippen LogP contribution is -2.61. The maximum absolute atomic E-state index is 6.26. The molecule has 18 heavy (non-hydrogen) atoms. The minimum absolute atomic E-state index is 0.188. The van der Waals surface area contributed by atoms with Gasteiger partial charge in [0.1, 0.15) is 0 Å². The van der Waals surface area contributed by atoms with Gasteiger partial charge in [0, 0.05) is 0 Å². The van der Waals surface area contributed by atoms with Crippen LogP contribution in [0.15, 0.2) is 0 Å². The summed E-state index contributed by atoms with van der Waals surface area (Å²) >= 11 is 0. The molecule has 0 aliphatic carbocycles. The summed E-state index contributed by atoms with van der Waals surface area (Å²) in [5.41, 5.74) is -0.613. The lowest BCUT2D eigenvalue weighted by molar-refractivity contribution is -0.163. The van der Waals surface area contributed by atoms with Crippen LogP contribution in [0.5, 0.6) is 0 Å². The normalized spacial score (nSPS) is 24.2. The van der Waals surface area contributed by atoms with Crippen LogP contribution in [-0.4, -0.2) is 33.1 Å². The predicted molar refractivity (Wildman–Crippen MR) is 79.2 cm³/mol. The van der Waals surface area contributed by atoms with E-state index in [9.17, 15) is 0 Å². The molecule has 1 aliphatic heterocycles. The minimum atomic E-state index is -1.81. The smallest absolute Gasteiger partial charge is 0.451 e. The van der Waals surface area contributed by atoms with Crippen LogP contribution in [0.2, 0.25) is 18.1 Å². The van der Waals surface area contributed by atoms with Crippen LogP contribution in [0.4, 0.5) is 0 Å². The molecule has 1 rings (SSSR count). The zero-order chi connectivity index (χ0) is 14.4. The first-order valence-electron chi connectivity index (χ1n) is 6.78. The lowest BCUT2D eigenvalue weighted by Gasteiger charge is -2.49. The molecule has 5 heteroatoms. The summed E-state index contributed by atoms with van der Waals surface area (Å²) < 4.78 is 18.3. The topological polar surface area (TPSA) is 27.7 Å². The highest BCUT2D eigenvalue weighted by molar-refractivity contribution is 6.79. The molecule has 1 saturated heterocycles. The molecule has 0 aromatic carbocycles. The zero-order valence-electron chi connectivity index (χ0n) is 13.5. The summed E-state index contributed by atoms with van der Waals surface area (Å²) in [6.45, 7) is 20.0. The monoisotopic (exact) mass is 272 g/mol. The quantitative estimate of drug-likeness (QED) is 0.718. The standard InChI is InChI=1S/C13H29BO3Si/c1-11(2,3)18(8,9)17-14-10-15-12(4,5)13(6,7)16-14/h10H2,1-9H3. The van der Waals surface area contributed by atoms with Crippen LogP contribution < -0.4 is 0 Å². The maximum Gasteiger partial charge on any atom is 0.474 e. The van der Waals surface area contributed by atoms with Crippen molar-refractivity contribution in [2.45, 2.75) is 77.8 Å². The average Bonchev–Trinajstić information content (AvgIpc) is 2.09. The Balaban J connectivity index is 2.73. The Morgan fingerprint density at radius 2 is 1.56 bits per heavy atom. The van der Waals surface area contributed by atoms with Crippen LogP contribution in [-0.2, 0) is 13.7 Å². The second kappa shape index (κ2) is 4.62. The van der Waals surface area contributed by atoms with E-state index in [0.29, 0.717) is 6.51 Å². The fraction of sp³-hybridized carbons (Fsp3) is 1.00. The highest BCUT2D eigenvalue weighted by Gasteiger charge is 2.50. The molecule has 0 radical (unpaired) electrons. The first-order valence-corrected chi connectivity index (χ1v) is 9.69. The molecular weight excluding hydrogens is 243 g/mol. The molecule has 0 unspecified atom stereocenters. The number of hydrogen-bond donors (Lipinski definition) is 0. The van der Waals surface area contributed by atoms with Crippen molar-refractivity contribution in [3.63, 3.8) is 0 Å². The fourth-order valence-corrected chi connectivity index (χ4v) is 2.65. The maximum atomic E-state index is 6.26. The van der Waals surface area contributed by atoms with Crippen LogP contribution in [0, 0.1) is 0 Å². The van der Waals surface area contributed by atoms with Crippen molar-refractivity contribution in [3.8, 4) is 0 Å². The third kappa shape index (κ3) is 3.18. The summed E-state index contributed by atoms with van der Waals surface area (Å²) in [7, 11) is -2.05. The van der Waals surface area contributed by atoms with E-state index in [4.69, 9.17) is 13.7 Å². The van der Waals surface area contributed by atoms with Gasteiger partial charge in [-0.05, 0) is 45.8 Å². The summed E-state index contributed by atoms with van der Waals surface area (Å²) in [5.74, 6) is 0.